The molecule has 6 heteroatoms. The van der Waals surface area contributed by atoms with Crippen molar-refractivity contribution in [3.05, 3.63) is 10.4 Å². The van der Waals surface area contributed by atoms with E-state index in [1.807, 2.05) is 0 Å². The van der Waals surface area contributed by atoms with Gasteiger partial charge in [0.1, 0.15) is 5.28 Å². The van der Waals surface area contributed by atoms with Crippen LogP contribution in [0.25, 0.3) is 10.4 Å². The van der Waals surface area contributed by atoms with Crippen LogP contribution in [0.15, 0.2) is 5.28 Å². The van der Waals surface area contributed by atoms with Crippen molar-refractivity contribution in [1.82, 2.24) is 0 Å². The van der Waals surface area contributed by atoms with Gasteiger partial charge in [-0.15, -0.1) is 0 Å². The molecule has 0 heterocycles. The van der Waals surface area contributed by atoms with E-state index in [9.17, 15) is 4.79 Å². The van der Waals surface area contributed by atoms with Crippen LogP contribution in [0.3, 0.4) is 0 Å². The highest BCUT2D eigenvalue weighted by Crippen LogP contribution is 1.90. The molecule has 0 unspecified atom stereocenters. The van der Waals surface area contributed by atoms with Gasteiger partial charge in [0.15, 0.2) is 0 Å². The highest BCUT2D eigenvalue weighted by atomic mass is 16.7. The molecule has 0 aliphatic carbocycles. The molecule has 0 rings (SSSR count). The summed E-state index contributed by atoms with van der Waals surface area (Å²) in [5.41, 5.74) is 12.8. The third kappa shape index (κ3) is 4.89. The van der Waals surface area contributed by atoms with Gasteiger partial charge in [-0.2, -0.15) is 0 Å². The summed E-state index contributed by atoms with van der Waals surface area (Å²) >= 11 is 0. The van der Waals surface area contributed by atoms with E-state index >= 15 is 0 Å². The largest absolute Gasteiger partial charge is 0.359 e. The number of azide groups is 1. The van der Waals surface area contributed by atoms with E-state index in [-0.39, 0.29) is 6.42 Å². The molecule has 0 aliphatic heterocycles. The molecule has 0 saturated carbocycles. The second-order valence-electron chi connectivity index (χ2n) is 1.53. The van der Waals surface area contributed by atoms with Crippen molar-refractivity contribution in [3.63, 3.8) is 0 Å². The van der Waals surface area contributed by atoms with E-state index < -0.39 is 5.97 Å². The molecule has 0 aromatic rings. The summed E-state index contributed by atoms with van der Waals surface area (Å²) in [5.74, 6) is -0.553. The first-order valence-electron chi connectivity index (χ1n) is 2.75. The summed E-state index contributed by atoms with van der Waals surface area (Å²) < 4.78 is 0. The SMILES string of the molecule is [N-]=[N+]=NOC(=O)CCCN. The molecule has 0 aromatic heterocycles. The van der Waals surface area contributed by atoms with Crippen LogP contribution in [0.2, 0.25) is 0 Å². The van der Waals surface area contributed by atoms with E-state index in [0.29, 0.717) is 13.0 Å². The molecule has 0 saturated heterocycles. The van der Waals surface area contributed by atoms with Gasteiger partial charge >= 0.3 is 5.97 Å². The minimum Gasteiger partial charge on any atom is -0.359 e. The summed E-state index contributed by atoms with van der Waals surface area (Å²) in [4.78, 5) is 16.7. The predicted molar refractivity (Wildman–Crippen MR) is 33.5 cm³/mol. The summed E-state index contributed by atoms with van der Waals surface area (Å²) in [6.07, 6.45) is 0.731. The molecule has 0 bridgehead atoms. The zero-order chi connectivity index (χ0) is 7.82. The average Bonchev–Trinajstić information content (AvgIpc) is 1.97. The van der Waals surface area contributed by atoms with Crippen LogP contribution in [0.1, 0.15) is 12.8 Å². The molecule has 0 aromatic carbocycles. The lowest BCUT2D eigenvalue weighted by Crippen LogP contribution is -2.04. The number of nitrogens with two attached hydrogens (primary N) is 1. The maximum Gasteiger partial charge on any atom is 0.317 e. The van der Waals surface area contributed by atoms with Crippen LogP contribution in [-0.4, -0.2) is 12.5 Å². The quantitative estimate of drug-likeness (QED) is 0.269. The van der Waals surface area contributed by atoms with Crippen LogP contribution in [0, 0.1) is 0 Å². The molecule has 0 spiro atoms. The zero-order valence-corrected chi connectivity index (χ0v) is 5.36. The predicted octanol–water partition coefficient (Wildman–Crippen LogP) is 0.494. The number of nitrogens with zero attached hydrogens (tertiary/aromatic N) is 3. The Morgan fingerprint density at radius 2 is 2.50 bits per heavy atom. The van der Waals surface area contributed by atoms with Crippen molar-refractivity contribution in [2.75, 3.05) is 6.54 Å². The third-order valence-electron chi connectivity index (χ3n) is 0.764. The fourth-order valence-corrected chi connectivity index (χ4v) is 0.356. The number of carbonyl (C=O) groups is 1. The van der Waals surface area contributed by atoms with Gasteiger partial charge in [-0.3, -0.25) is 4.79 Å². The van der Waals surface area contributed by atoms with Gasteiger partial charge in [0.2, 0.25) is 0 Å². The number of hydrogen-bond donors (Lipinski definition) is 1. The molecule has 0 radical (unpaired) electrons. The van der Waals surface area contributed by atoms with E-state index in [0.717, 1.165) is 0 Å². The maximum atomic E-state index is 10.4. The number of carbonyl (C=O) groups excluding carboxylic acids is 1. The first-order chi connectivity index (χ1) is 4.81. The second-order valence-corrected chi connectivity index (χ2v) is 1.53. The van der Waals surface area contributed by atoms with Gasteiger partial charge in [0.25, 0.3) is 0 Å². The lowest BCUT2D eigenvalue weighted by molar-refractivity contribution is -0.144. The molecule has 0 atom stereocenters. The normalized spacial score (nSPS) is 8.10. The van der Waals surface area contributed by atoms with E-state index in [2.05, 4.69) is 15.0 Å². The molecule has 2 N–H and O–H groups in total. The fraction of sp³-hybridized carbons (Fsp3) is 0.750. The Bertz CT molecular complexity index is 151. The molecule has 0 aliphatic rings. The van der Waals surface area contributed by atoms with Crippen LogP contribution < -0.4 is 5.73 Å². The molecule has 10 heavy (non-hydrogen) atoms. The van der Waals surface area contributed by atoms with Gasteiger partial charge in [-0.25, -0.2) is 0 Å². The monoisotopic (exact) mass is 144 g/mol. The minimum atomic E-state index is -0.553. The van der Waals surface area contributed by atoms with Crippen molar-refractivity contribution >= 4 is 5.97 Å². The van der Waals surface area contributed by atoms with Gasteiger partial charge in [0, 0.05) is 11.3 Å². The average molecular weight is 144 g/mol. The van der Waals surface area contributed by atoms with Gasteiger partial charge in [0.05, 0.1) is 0 Å². The molecular formula is C4H8N4O2. The van der Waals surface area contributed by atoms with Crippen molar-refractivity contribution < 1.29 is 9.63 Å². The highest BCUT2D eigenvalue weighted by Gasteiger charge is 1.98. The third-order valence-corrected chi connectivity index (χ3v) is 0.764. The number of rotatable bonds is 4. The Morgan fingerprint density at radius 1 is 1.80 bits per heavy atom. The van der Waals surface area contributed by atoms with Crippen molar-refractivity contribution in [2.24, 2.45) is 11.0 Å². The highest BCUT2D eigenvalue weighted by molar-refractivity contribution is 5.68. The second kappa shape index (κ2) is 5.87. The molecule has 0 amide bonds. The Hall–Kier alpha value is -1.26. The first-order valence-corrected chi connectivity index (χ1v) is 2.75. The topological polar surface area (TPSA) is 101 Å². The Balaban J connectivity index is 3.34. The standard InChI is InChI=1S/C4H8N4O2/c5-3-1-2-4(9)10-8-7-6/h1-3,5H2. The van der Waals surface area contributed by atoms with Crippen molar-refractivity contribution in [1.29, 1.82) is 0 Å². The van der Waals surface area contributed by atoms with Crippen LogP contribution in [0.4, 0.5) is 0 Å². The zero-order valence-electron chi connectivity index (χ0n) is 5.36. The van der Waals surface area contributed by atoms with Gasteiger partial charge < -0.3 is 10.6 Å². The fourth-order valence-electron chi connectivity index (χ4n) is 0.356. The summed E-state index contributed by atoms with van der Waals surface area (Å²) in [6.45, 7) is 0.422. The molecule has 0 fully saturated rings. The lowest BCUT2D eigenvalue weighted by Gasteiger charge is -1.92. The summed E-state index contributed by atoms with van der Waals surface area (Å²) in [6, 6.07) is 0. The number of hydrogen-bond acceptors (Lipinski definition) is 4. The van der Waals surface area contributed by atoms with Crippen LogP contribution >= 0.6 is 0 Å². The van der Waals surface area contributed by atoms with E-state index in [1.54, 1.807) is 0 Å². The Labute approximate surface area is 57.5 Å². The summed E-state index contributed by atoms with van der Waals surface area (Å²) in [5, 5.41) is 2.61. The lowest BCUT2D eigenvalue weighted by atomic mass is 10.3. The Morgan fingerprint density at radius 3 is 3.00 bits per heavy atom. The first kappa shape index (κ1) is 8.74. The van der Waals surface area contributed by atoms with Crippen molar-refractivity contribution in [3.8, 4) is 0 Å². The summed E-state index contributed by atoms with van der Waals surface area (Å²) in [7, 11) is 0. The molecular weight excluding hydrogens is 136 g/mol. The van der Waals surface area contributed by atoms with Crippen LogP contribution in [-0.2, 0) is 9.63 Å². The maximum absolute atomic E-state index is 10.4. The van der Waals surface area contributed by atoms with Crippen molar-refractivity contribution in [2.45, 2.75) is 12.8 Å². The van der Waals surface area contributed by atoms with Crippen LogP contribution in [0.5, 0.6) is 0 Å². The minimum absolute atomic E-state index is 0.190. The van der Waals surface area contributed by atoms with Gasteiger partial charge in [-0.05, 0) is 18.5 Å². The van der Waals surface area contributed by atoms with Gasteiger partial charge in [-0.1, -0.05) is 0 Å². The van der Waals surface area contributed by atoms with E-state index in [4.69, 9.17) is 11.3 Å². The molecule has 56 valence electrons. The molecule has 6 nitrogen and oxygen atoms in total. The Kier molecular flexibility index (Phi) is 5.13. The van der Waals surface area contributed by atoms with E-state index in [1.165, 1.54) is 0 Å². The smallest absolute Gasteiger partial charge is 0.317 e.